The fraction of sp³-hybridized carbons (Fsp3) is 0.846. The van der Waals surface area contributed by atoms with Gasteiger partial charge in [-0.05, 0) is 18.8 Å². The predicted molar refractivity (Wildman–Crippen MR) is 69.1 cm³/mol. The number of hydrogen-bond donors (Lipinski definition) is 2. The van der Waals surface area contributed by atoms with E-state index in [1.165, 1.54) is 4.90 Å². The minimum absolute atomic E-state index is 0.196. The summed E-state index contributed by atoms with van der Waals surface area (Å²) < 4.78 is 0. The lowest BCUT2D eigenvalue weighted by atomic mass is 9.81. The lowest BCUT2D eigenvalue weighted by Crippen LogP contribution is -2.57. The molecule has 0 unspecified atom stereocenters. The van der Waals surface area contributed by atoms with Gasteiger partial charge in [0.05, 0.1) is 5.54 Å². The monoisotopic (exact) mass is 256 g/mol. The third-order valence-electron chi connectivity index (χ3n) is 3.37. The summed E-state index contributed by atoms with van der Waals surface area (Å²) in [5.74, 6) is -0.942. The zero-order valence-corrected chi connectivity index (χ0v) is 11.3. The number of carbonyl (C=O) groups excluding carboxylic acids is 1. The molecule has 3 N–H and O–H groups in total. The normalized spacial score (nSPS) is 18.7. The van der Waals surface area contributed by atoms with E-state index < -0.39 is 11.5 Å². The molecule has 0 saturated heterocycles. The molecule has 1 saturated carbocycles. The first-order chi connectivity index (χ1) is 8.35. The zero-order valence-electron chi connectivity index (χ0n) is 11.3. The fourth-order valence-corrected chi connectivity index (χ4v) is 2.53. The second-order valence-electron chi connectivity index (χ2n) is 5.69. The van der Waals surface area contributed by atoms with Crippen LogP contribution in [0.1, 0.15) is 46.0 Å². The Balaban J connectivity index is 2.76. The summed E-state index contributed by atoms with van der Waals surface area (Å²) in [6.45, 7) is 4.12. The highest BCUT2D eigenvalue weighted by molar-refractivity contribution is 5.88. The van der Waals surface area contributed by atoms with Crippen molar-refractivity contribution in [3.63, 3.8) is 0 Å². The van der Waals surface area contributed by atoms with Crippen molar-refractivity contribution in [2.24, 2.45) is 11.7 Å². The molecule has 0 aromatic rings. The standard InChI is InChI=1S/C13H24N2O3/c1-10(2)8-15(9-11(16)17)12(18)13(14)6-4-3-5-7-13/h10H,3-9,14H2,1-2H3,(H,16,17). The molecule has 1 fully saturated rings. The third kappa shape index (κ3) is 3.98. The smallest absolute Gasteiger partial charge is 0.323 e. The van der Waals surface area contributed by atoms with Gasteiger partial charge in [-0.25, -0.2) is 0 Å². The summed E-state index contributed by atoms with van der Waals surface area (Å²) in [5, 5.41) is 8.89. The zero-order chi connectivity index (χ0) is 13.8. The van der Waals surface area contributed by atoms with Crippen molar-refractivity contribution in [2.45, 2.75) is 51.5 Å². The number of rotatable bonds is 5. The van der Waals surface area contributed by atoms with Crippen molar-refractivity contribution in [3.05, 3.63) is 0 Å². The molecule has 0 aromatic heterocycles. The molecule has 1 aliphatic carbocycles. The van der Waals surface area contributed by atoms with Crippen LogP contribution in [0.25, 0.3) is 0 Å². The Morgan fingerprint density at radius 2 is 1.83 bits per heavy atom. The topological polar surface area (TPSA) is 83.6 Å². The van der Waals surface area contributed by atoms with E-state index in [2.05, 4.69) is 0 Å². The van der Waals surface area contributed by atoms with E-state index >= 15 is 0 Å². The number of nitrogens with two attached hydrogens (primary N) is 1. The Labute approximate surface area is 108 Å². The molecule has 5 heteroatoms. The molecule has 5 nitrogen and oxygen atoms in total. The summed E-state index contributed by atoms with van der Waals surface area (Å²) in [7, 11) is 0. The highest BCUT2D eigenvalue weighted by Crippen LogP contribution is 2.27. The second kappa shape index (κ2) is 6.18. The van der Waals surface area contributed by atoms with Crippen LogP contribution in [-0.4, -0.2) is 40.5 Å². The molecule has 0 aliphatic heterocycles. The van der Waals surface area contributed by atoms with Crippen molar-refractivity contribution in [1.29, 1.82) is 0 Å². The SMILES string of the molecule is CC(C)CN(CC(=O)O)C(=O)C1(N)CCCCC1. The minimum Gasteiger partial charge on any atom is -0.480 e. The number of aliphatic carboxylic acids is 1. The van der Waals surface area contributed by atoms with Crippen LogP contribution in [0.15, 0.2) is 0 Å². The maximum absolute atomic E-state index is 12.4. The van der Waals surface area contributed by atoms with Crippen molar-refractivity contribution in [2.75, 3.05) is 13.1 Å². The quantitative estimate of drug-likeness (QED) is 0.774. The number of carbonyl (C=O) groups is 2. The van der Waals surface area contributed by atoms with Crippen LogP contribution >= 0.6 is 0 Å². The van der Waals surface area contributed by atoms with Crippen LogP contribution in [0.4, 0.5) is 0 Å². The van der Waals surface area contributed by atoms with Gasteiger partial charge in [-0.1, -0.05) is 33.1 Å². The third-order valence-corrected chi connectivity index (χ3v) is 3.37. The summed E-state index contributed by atoms with van der Waals surface area (Å²) in [5.41, 5.74) is 5.33. The van der Waals surface area contributed by atoms with Crippen LogP contribution in [0.3, 0.4) is 0 Å². The average Bonchev–Trinajstić information content (AvgIpc) is 2.27. The van der Waals surface area contributed by atoms with Crippen molar-refractivity contribution >= 4 is 11.9 Å². The maximum atomic E-state index is 12.4. The van der Waals surface area contributed by atoms with Gasteiger partial charge in [-0.15, -0.1) is 0 Å². The number of nitrogens with zero attached hydrogens (tertiary/aromatic N) is 1. The molecule has 0 heterocycles. The summed E-state index contributed by atoms with van der Waals surface area (Å²) in [4.78, 5) is 24.7. The van der Waals surface area contributed by atoms with E-state index in [0.29, 0.717) is 19.4 Å². The first-order valence-corrected chi connectivity index (χ1v) is 6.65. The molecule has 1 aliphatic rings. The highest BCUT2D eigenvalue weighted by atomic mass is 16.4. The molecule has 0 aromatic carbocycles. The largest absolute Gasteiger partial charge is 0.480 e. The van der Waals surface area contributed by atoms with Gasteiger partial charge in [0.15, 0.2) is 0 Å². The molecule has 0 bridgehead atoms. The molecular weight excluding hydrogens is 232 g/mol. The van der Waals surface area contributed by atoms with Crippen molar-refractivity contribution < 1.29 is 14.7 Å². The summed E-state index contributed by atoms with van der Waals surface area (Å²) in [6, 6.07) is 0. The van der Waals surface area contributed by atoms with E-state index in [0.717, 1.165) is 19.3 Å². The molecular formula is C13H24N2O3. The Kier molecular flexibility index (Phi) is 5.14. The average molecular weight is 256 g/mol. The molecule has 0 spiro atoms. The molecule has 1 rings (SSSR count). The Hall–Kier alpha value is -1.10. The highest BCUT2D eigenvalue weighted by Gasteiger charge is 2.38. The van der Waals surface area contributed by atoms with Crippen LogP contribution in [0.5, 0.6) is 0 Å². The van der Waals surface area contributed by atoms with Crippen LogP contribution in [0.2, 0.25) is 0 Å². The predicted octanol–water partition coefficient (Wildman–Crippen LogP) is 1.22. The fourth-order valence-electron chi connectivity index (χ4n) is 2.53. The van der Waals surface area contributed by atoms with Gasteiger partial charge in [0.25, 0.3) is 0 Å². The van der Waals surface area contributed by atoms with E-state index in [-0.39, 0.29) is 18.4 Å². The van der Waals surface area contributed by atoms with Gasteiger partial charge in [-0.3, -0.25) is 9.59 Å². The van der Waals surface area contributed by atoms with Crippen LogP contribution in [0, 0.1) is 5.92 Å². The molecule has 0 radical (unpaired) electrons. The second-order valence-corrected chi connectivity index (χ2v) is 5.69. The molecule has 1 amide bonds. The lowest BCUT2D eigenvalue weighted by Gasteiger charge is -2.37. The van der Waals surface area contributed by atoms with Gasteiger partial charge in [-0.2, -0.15) is 0 Å². The molecule has 0 atom stereocenters. The van der Waals surface area contributed by atoms with Gasteiger partial charge < -0.3 is 15.7 Å². The molecule has 18 heavy (non-hydrogen) atoms. The molecule has 104 valence electrons. The maximum Gasteiger partial charge on any atom is 0.323 e. The van der Waals surface area contributed by atoms with E-state index in [1.807, 2.05) is 13.8 Å². The van der Waals surface area contributed by atoms with Gasteiger partial charge in [0, 0.05) is 6.54 Å². The number of amides is 1. The van der Waals surface area contributed by atoms with Crippen molar-refractivity contribution in [3.8, 4) is 0 Å². The number of carboxylic acid groups (broad SMARTS) is 1. The number of hydrogen-bond acceptors (Lipinski definition) is 3. The van der Waals surface area contributed by atoms with E-state index in [4.69, 9.17) is 10.8 Å². The van der Waals surface area contributed by atoms with E-state index in [9.17, 15) is 9.59 Å². The number of carboxylic acids is 1. The Morgan fingerprint density at radius 1 is 1.28 bits per heavy atom. The van der Waals surface area contributed by atoms with Crippen molar-refractivity contribution in [1.82, 2.24) is 4.90 Å². The first-order valence-electron chi connectivity index (χ1n) is 6.65. The van der Waals surface area contributed by atoms with Crippen LogP contribution in [-0.2, 0) is 9.59 Å². The summed E-state index contributed by atoms with van der Waals surface area (Å²) in [6.07, 6.45) is 4.34. The first kappa shape index (κ1) is 15.0. The van der Waals surface area contributed by atoms with Gasteiger partial charge >= 0.3 is 5.97 Å². The Bertz CT molecular complexity index is 309. The van der Waals surface area contributed by atoms with Crippen LogP contribution < -0.4 is 5.73 Å². The lowest BCUT2D eigenvalue weighted by molar-refractivity contribution is -0.148. The van der Waals surface area contributed by atoms with E-state index in [1.54, 1.807) is 0 Å². The Morgan fingerprint density at radius 3 is 2.28 bits per heavy atom. The minimum atomic E-state index is -0.983. The summed E-state index contributed by atoms with van der Waals surface area (Å²) >= 11 is 0. The van der Waals surface area contributed by atoms with Gasteiger partial charge in [0.1, 0.15) is 6.54 Å². The van der Waals surface area contributed by atoms with Gasteiger partial charge in [0.2, 0.25) is 5.91 Å².